The fourth-order valence-electron chi connectivity index (χ4n) is 2.09. The van der Waals surface area contributed by atoms with Gasteiger partial charge in [0.05, 0.1) is 6.10 Å². The van der Waals surface area contributed by atoms with Gasteiger partial charge in [0.15, 0.2) is 0 Å². The summed E-state index contributed by atoms with van der Waals surface area (Å²) in [5.41, 5.74) is 0. The monoisotopic (exact) mass is 239 g/mol. The number of nitrogens with one attached hydrogen (secondary N) is 1. The number of hydrogen-bond donors (Lipinski definition) is 1. The quantitative estimate of drug-likeness (QED) is 0.797. The first kappa shape index (κ1) is 12.1. The van der Waals surface area contributed by atoms with Gasteiger partial charge in [0.1, 0.15) is 0 Å². The lowest BCUT2D eigenvalue weighted by molar-refractivity contribution is 0.0115. The van der Waals surface area contributed by atoms with Crippen LogP contribution in [0.5, 0.6) is 0 Å². The molecule has 2 rings (SSSR count). The Balaban J connectivity index is 1.57. The Morgan fingerprint density at radius 1 is 1.44 bits per heavy atom. The van der Waals surface area contributed by atoms with Gasteiger partial charge in [-0.2, -0.15) is 0 Å². The minimum Gasteiger partial charge on any atom is -0.378 e. The molecule has 2 heterocycles. The first-order valence-electron chi connectivity index (χ1n) is 6.22. The highest BCUT2D eigenvalue weighted by molar-refractivity contribution is 7.11. The topological polar surface area (TPSA) is 21.3 Å². The first-order chi connectivity index (χ1) is 7.84. The maximum Gasteiger partial charge on any atom is 0.0587 e. The van der Waals surface area contributed by atoms with Crippen LogP contribution in [-0.2, 0) is 11.3 Å². The summed E-state index contributed by atoms with van der Waals surface area (Å²) in [5, 5.41) is 3.49. The third-order valence-corrected chi connectivity index (χ3v) is 4.01. The van der Waals surface area contributed by atoms with Crippen LogP contribution >= 0.6 is 11.3 Å². The van der Waals surface area contributed by atoms with Crippen LogP contribution in [0.25, 0.3) is 0 Å². The van der Waals surface area contributed by atoms with Crippen LogP contribution in [0.2, 0.25) is 0 Å². The van der Waals surface area contributed by atoms with E-state index in [1.165, 1.54) is 29.0 Å². The Labute approximate surface area is 102 Å². The predicted molar refractivity (Wildman–Crippen MR) is 69.0 cm³/mol. The van der Waals surface area contributed by atoms with Crippen LogP contribution in [0, 0.1) is 6.92 Å². The molecule has 0 saturated carbocycles. The van der Waals surface area contributed by atoms with Gasteiger partial charge >= 0.3 is 0 Å². The number of aryl methyl sites for hydroxylation is 1. The summed E-state index contributed by atoms with van der Waals surface area (Å²) in [6, 6.07) is 4.40. The largest absolute Gasteiger partial charge is 0.378 e. The van der Waals surface area contributed by atoms with Crippen LogP contribution in [0.4, 0.5) is 0 Å². The summed E-state index contributed by atoms with van der Waals surface area (Å²) < 4.78 is 5.70. The molecule has 1 aliphatic heterocycles. The zero-order chi connectivity index (χ0) is 11.2. The molecule has 1 aliphatic rings. The van der Waals surface area contributed by atoms with Crippen LogP contribution in [0.3, 0.4) is 0 Å². The van der Waals surface area contributed by atoms with Crippen molar-refractivity contribution in [3.05, 3.63) is 21.9 Å². The average molecular weight is 239 g/mol. The van der Waals surface area contributed by atoms with Crippen LogP contribution < -0.4 is 5.32 Å². The number of rotatable bonds is 5. The lowest BCUT2D eigenvalue weighted by atomic mass is 10.1. The van der Waals surface area contributed by atoms with E-state index < -0.39 is 0 Å². The second-order valence-electron chi connectivity index (χ2n) is 4.47. The molecule has 3 heteroatoms. The van der Waals surface area contributed by atoms with Gasteiger partial charge in [0.2, 0.25) is 0 Å². The molecule has 90 valence electrons. The molecule has 1 unspecified atom stereocenters. The molecule has 1 aromatic rings. The minimum atomic E-state index is 0.506. The van der Waals surface area contributed by atoms with Crippen molar-refractivity contribution < 1.29 is 4.74 Å². The Hall–Kier alpha value is -0.380. The van der Waals surface area contributed by atoms with Crippen molar-refractivity contribution in [2.45, 2.75) is 45.3 Å². The Morgan fingerprint density at radius 3 is 3.06 bits per heavy atom. The molecular weight excluding hydrogens is 218 g/mol. The molecule has 0 amide bonds. The van der Waals surface area contributed by atoms with Gasteiger partial charge in [-0.25, -0.2) is 0 Å². The Kier molecular flexibility index (Phi) is 4.82. The summed E-state index contributed by atoms with van der Waals surface area (Å²) in [6.45, 7) is 5.20. The molecule has 1 fully saturated rings. The van der Waals surface area contributed by atoms with Gasteiger partial charge in [-0.3, -0.25) is 0 Å². The molecule has 0 radical (unpaired) electrons. The third-order valence-electron chi connectivity index (χ3n) is 3.01. The van der Waals surface area contributed by atoms with Gasteiger partial charge in [0.25, 0.3) is 0 Å². The lowest BCUT2D eigenvalue weighted by Gasteiger charge is -2.22. The molecule has 16 heavy (non-hydrogen) atoms. The Bertz CT molecular complexity index is 305. The smallest absolute Gasteiger partial charge is 0.0587 e. The fourth-order valence-corrected chi connectivity index (χ4v) is 2.95. The van der Waals surface area contributed by atoms with Crippen molar-refractivity contribution in [1.82, 2.24) is 5.32 Å². The SMILES string of the molecule is Cc1ccc(CNCCC2CCCCO2)s1. The summed E-state index contributed by atoms with van der Waals surface area (Å²) in [7, 11) is 0. The molecule has 1 saturated heterocycles. The van der Waals surface area contributed by atoms with Gasteiger partial charge in [-0.15, -0.1) is 11.3 Å². The molecule has 0 spiro atoms. The zero-order valence-electron chi connectivity index (χ0n) is 10.00. The van der Waals surface area contributed by atoms with E-state index in [0.717, 1.165) is 26.1 Å². The average Bonchev–Trinajstić information content (AvgIpc) is 2.72. The summed E-state index contributed by atoms with van der Waals surface area (Å²) >= 11 is 1.88. The van der Waals surface area contributed by atoms with Crippen LogP contribution in [0.15, 0.2) is 12.1 Å². The summed E-state index contributed by atoms with van der Waals surface area (Å²) in [5.74, 6) is 0. The van der Waals surface area contributed by atoms with Gasteiger partial charge in [0, 0.05) is 22.9 Å². The normalized spacial score (nSPS) is 21.2. The van der Waals surface area contributed by atoms with Crippen molar-refractivity contribution in [3.63, 3.8) is 0 Å². The highest BCUT2D eigenvalue weighted by Crippen LogP contribution is 2.16. The molecule has 1 atom stereocenters. The van der Waals surface area contributed by atoms with Gasteiger partial charge < -0.3 is 10.1 Å². The van der Waals surface area contributed by atoms with E-state index in [9.17, 15) is 0 Å². The highest BCUT2D eigenvalue weighted by atomic mass is 32.1. The van der Waals surface area contributed by atoms with Crippen molar-refractivity contribution in [2.75, 3.05) is 13.2 Å². The van der Waals surface area contributed by atoms with E-state index in [2.05, 4.69) is 24.4 Å². The highest BCUT2D eigenvalue weighted by Gasteiger charge is 2.12. The molecular formula is C13H21NOS. The van der Waals surface area contributed by atoms with E-state index >= 15 is 0 Å². The van der Waals surface area contributed by atoms with E-state index in [0.29, 0.717) is 6.10 Å². The van der Waals surface area contributed by atoms with Crippen molar-refractivity contribution >= 4 is 11.3 Å². The Morgan fingerprint density at radius 2 is 2.38 bits per heavy atom. The predicted octanol–water partition coefficient (Wildman–Crippen LogP) is 3.11. The summed E-state index contributed by atoms with van der Waals surface area (Å²) in [6.07, 6.45) is 5.50. The van der Waals surface area contributed by atoms with E-state index in [-0.39, 0.29) is 0 Å². The lowest BCUT2D eigenvalue weighted by Crippen LogP contribution is -2.24. The maximum absolute atomic E-state index is 5.70. The van der Waals surface area contributed by atoms with Gasteiger partial charge in [-0.1, -0.05) is 0 Å². The van der Waals surface area contributed by atoms with Gasteiger partial charge in [-0.05, 0) is 51.3 Å². The second kappa shape index (κ2) is 6.38. The molecule has 0 aromatic carbocycles. The fraction of sp³-hybridized carbons (Fsp3) is 0.692. The molecule has 1 aromatic heterocycles. The minimum absolute atomic E-state index is 0.506. The van der Waals surface area contributed by atoms with Crippen molar-refractivity contribution in [3.8, 4) is 0 Å². The van der Waals surface area contributed by atoms with Crippen molar-refractivity contribution in [1.29, 1.82) is 0 Å². The summed E-state index contributed by atoms with van der Waals surface area (Å²) in [4.78, 5) is 2.83. The molecule has 1 N–H and O–H groups in total. The van der Waals surface area contributed by atoms with Crippen LogP contribution in [0.1, 0.15) is 35.4 Å². The molecule has 0 bridgehead atoms. The zero-order valence-corrected chi connectivity index (χ0v) is 10.8. The molecule has 2 nitrogen and oxygen atoms in total. The second-order valence-corrected chi connectivity index (χ2v) is 5.84. The maximum atomic E-state index is 5.70. The number of thiophene rings is 1. The number of hydrogen-bond acceptors (Lipinski definition) is 3. The third kappa shape index (κ3) is 3.89. The van der Waals surface area contributed by atoms with Crippen LogP contribution in [-0.4, -0.2) is 19.3 Å². The molecule has 0 aliphatic carbocycles. The van der Waals surface area contributed by atoms with E-state index in [1.54, 1.807) is 0 Å². The van der Waals surface area contributed by atoms with E-state index in [4.69, 9.17) is 4.74 Å². The number of ether oxygens (including phenoxy) is 1. The standard InChI is InChI=1S/C13H21NOS/c1-11-5-6-13(16-11)10-14-8-7-12-4-2-3-9-15-12/h5-6,12,14H,2-4,7-10H2,1H3. The first-order valence-corrected chi connectivity index (χ1v) is 7.04. The van der Waals surface area contributed by atoms with E-state index in [1.807, 2.05) is 11.3 Å². The van der Waals surface area contributed by atoms with Crippen molar-refractivity contribution in [2.24, 2.45) is 0 Å².